The van der Waals surface area contributed by atoms with Gasteiger partial charge in [0.25, 0.3) is 0 Å². The van der Waals surface area contributed by atoms with Gasteiger partial charge in [-0.25, -0.2) is 0 Å². The summed E-state index contributed by atoms with van der Waals surface area (Å²) in [4.78, 5) is 25.8. The highest BCUT2D eigenvalue weighted by Gasteiger charge is 2.26. The van der Waals surface area contributed by atoms with Crippen LogP contribution < -0.4 is 10.6 Å². The second-order valence-electron chi connectivity index (χ2n) is 8.82. The highest BCUT2D eigenvalue weighted by atomic mass is 16.2. The van der Waals surface area contributed by atoms with E-state index >= 15 is 0 Å². The van der Waals surface area contributed by atoms with E-state index in [1.54, 1.807) is 0 Å². The van der Waals surface area contributed by atoms with Crippen LogP contribution >= 0.6 is 0 Å². The van der Waals surface area contributed by atoms with E-state index in [0.29, 0.717) is 18.9 Å². The number of carbonyl (C=O) groups excluding carboxylic acids is 2. The molecule has 2 heterocycles. The molecule has 26 heavy (non-hydrogen) atoms. The summed E-state index contributed by atoms with van der Waals surface area (Å²) in [5.74, 6) is 0.413. The molecular weight excluding hydrogens is 326 g/mol. The second-order valence-corrected chi connectivity index (χ2v) is 8.82. The van der Waals surface area contributed by atoms with Gasteiger partial charge in [-0.05, 0) is 42.4 Å². The fraction of sp³-hybridized carbons (Fsp3) is 0.619. The van der Waals surface area contributed by atoms with E-state index in [0.717, 1.165) is 38.0 Å². The third-order valence-electron chi connectivity index (χ3n) is 5.18. The zero-order valence-electron chi connectivity index (χ0n) is 16.2. The summed E-state index contributed by atoms with van der Waals surface area (Å²) in [5.41, 5.74) is 2.31. The van der Waals surface area contributed by atoms with Crippen molar-refractivity contribution in [1.29, 1.82) is 0 Å². The van der Waals surface area contributed by atoms with Crippen molar-refractivity contribution in [3.8, 4) is 0 Å². The molecule has 0 aliphatic carbocycles. The highest BCUT2D eigenvalue weighted by molar-refractivity contribution is 5.79. The van der Waals surface area contributed by atoms with Crippen LogP contribution in [0.2, 0.25) is 0 Å². The molecule has 1 unspecified atom stereocenters. The molecule has 142 valence electrons. The first-order valence-corrected chi connectivity index (χ1v) is 9.74. The van der Waals surface area contributed by atoms with Crippen LogP contribution in [0.15, 0.2) is 24.3 Å². The van der Waals surface area contributed by atoms with Crippen molar-refractivity contribution in [2.24, 2.45) is 5.41 Å². The maximum Gasteiger partial charge on any atom is 0.223 e. The molecule has 3 rings (SSSR count). The van der Waals surface area contributed by atoms with Crippen LogP contribution in [0, 0.1) is 5.41 Å². The van der Waals surface area contributed by atoms with Crippen molar-refractivity contribution >= 4 is 17.5 Å². The first-order chi connectivity index (χ1) is 12.3. The van der Waals surface area contributed by atoms with Crippen molar-refractivity contribution in [3.63, 3.8) is 0 Å². The summed E-state index contributed by atoms with van der Waals surface area (Å²) in [7, 11) is 0. The number of piperidine rings is 1. The quantitative estimate of drug-likeness (QED) is 0.867. The first kappa shape index (κ1) is 18.7. The first-order valence-electron chi connectivity index (χ1n) is 9.74. The lowest BCUT2D eigenvalue weighted by molar-refractivity contribution is -0.134. The molecule has 5 heteroatoms. The lowest BCUT2D eigenvalue weighted by atomic mass is 9.91. The Bertz CT molecular complexity index is 657. The Morgan fingerprint density at radius 3 is 2.58 bits per heavy atom. The SMILES string of the molecule is CC(C)(C)CC(=O)N1CCC(Nc2cccc(C3CCC(=O)N3)c2)CC1. The number of nitrogens with zero attached hydrogens (tertiary/aromatic N) is 1. The van der Waals surface area contributed by atoms with Crippen LogP contribution in [-0.4, -0.2) is 35.8 Å². The molecule has 2 N–H and O–H groups in total. The Balaban J connectivity index is 1.52. The van der Waals surface area contributed by atoms with Crippen LogP contribution in [0.4, 0.5) is 5.69 Å². The summed E-state index contributed by atoms with van der Waals surface area (Å²) < 4.78 is 0. The third kappa shape index (κ3) is 4.99. The van der Waals surface area contributed by atoms with Crippen molar-refractivity contribution in [2.75, 3.05) is 18.4 Å². The van der Waals surface area contributed by atoms with E-state index < -0.39 is 0 Å². The molecule has 0 bridgehead atoms. The van der Waals surface area contributed by atoms with Crippen molar-refractivity contribution in [1.82, 2.24) is 10.2 Å². The Hall–Kier alpha value is -2.04. The van der Waals surface area contributed by atoms with Gasteiger partial charge in [-0.2, -0.15) is 0 Å². The van der Waals surface area contributed by atoms with Gasteiger partial charge in [-0.1, -0.05) is 32.9 Å². The van der Waals surface area contributed by atoms with Crippen LogP contribution in [0.5, 0.6) is 0 Å². The van der Waals surface area contributed by atoms with E-state index in [2.05, 4.69) is 49.6 Å². The van der Waals surface area contributed by atoms with Crippen LogP contribution in [0.3, 0.4) is 0 Å². The molecule has 1 aromatic rings. The van der Waals surface area contributed by atoms with Gasteiger partial charge >= 0.3 is 0 Å². The number of hydrogen-bond donors (Lipinski definition) is 2. The fourth-order valence-corrected chi connectivity index (χ4v) is 3.78. The predicted octanol–water partition coefficient (Wildman–Crippen LogP) is 3.48. The van der Waals surface area contributed by atoms with Gasteiger partial charge in [0.1, 0.15) is 0 Å². The molecule has 2 amide bonds. The summed E-state index contributed by atoms with van der Waals surface area (Å²) in [6, 6.07) is 8.88. The molecule has 2 aliphatic heterocycles. The Morgan fingerprint density at radius 2 is 1.96 bits per heavy atom. The van der Waals surface area contributed by atoms with Gasteiger partial charge < -0.3 is 15.5 Å². The van der Waals surface area contributed by atoms with Crippen molar-refractivity contribution in [3.05, 3.63) is 29.8 Å². The van der Waals surface area contributed by atoms with Crippen molar-refractivity contribution < 1.29 is 9.59 Å². The summed E-state index contributed by atoms with van der Waals surface area (Å²) in [6.07, 6.45) is 4.04. The van der Waals surface area contributed by atoms with Gasteiger partial charge in [0.2, 0.25) is 11.8 Å². The number of anilines is 1. The molecule has 0 radical (unpaired) electrons. The molecule has 0 aromatic heterocycles. The van der Waals surface area contributed by atoms with E-state index in [1.807, 2.05) is 11.0 Å². The summed E-state index contributed by atoms with van der Waals surface area (Å²) in [6.45, 7) is 7.98. The third-order valence-corrected chi connectivity index (χ3v) is 5.18. The standard InChI is InChI=1S/C21H31N3O2/c1-21(2,3)14-20(26)24-11-9-16(10-12-24)22-17-6-4-5-15(13-17)18-7-8-19(25)23-18/h4-6,13,16,18,22H,7-12,14H2,1-3H3,(H,23,25). The number of likely N-dealkylation sites (tertiary alicyclic amines) is 1. The number of carbonyl (C=O) groups is 2. The molecule has 2 saturated heterocycles. The molecule has 5 nitrogen and oxygen atoms in total. The van der Waals surface area contributed by atoms with Crippen LogP contribution in [0.25, 0.3) is 0 Å². The maximum absolute atomic E-state index is 12.4. The maximum atomic E-state index is 12.4. The Labute approximate surface area is 156 Å². The second kappa shape index (κ2) is 7.68. The molecule has 1 atom stereocenters. The Morgan fingerprint density at radius 1 is 1.23 bits per heavy atom. The monoisotopic (exact) mass is 357 g/mol. The predicted molar refractivity (Wildman–Crippen MR) is 104 cm³/mol. The fourth-order valence-electron chi connectivity index (χ4n) is 3.78. The molecule has 1 aromatic carbocycles. The van der Waals surface area contributed by atoms with Gasteiger partial charge in [0.05, 0.1) is 6.04 Å². The normalized spacial score (nSPS) is 21.6. The minimum Gasteiger partial charge on any atom is -0.382 e. The number of hydrogen-bond acceptors (Lipinski definition) is 3. The summed E-state index contributed by atoms with van der Waals surface area (Å²) in [5, 5.41) is 6.64. The number of amides is 2. The number of rotatable bonds is 4. The van der Waals surface area contributed by atoms with Gasteiger partial charge in [0.15, 0.2) is 0 Å². The topological polar surface area (TPSA) is 61.4 Å². The largest absolute Gasteiger partial charge is 0.382 e. The summed E-state index contributed by atoms with van der Waals surface area (Å²) >= 11 is 0. The molecule has 2 aliphatic rings. The van der Waals surface area contributed by atoms with Gasteiger partial charge in [-0.3, -0.25) is 9.59 Å². The van der Waals surface area contributed by atoms with Gasteiger partial charge in [0, 0.05) is 37.7 Å². The molecular formula is C21H31N3O2. The Kier molecular flexibility index (Phi) is 5.54. The lowest BCUT2D eigenvalue weighted by Crippen LogP contribution is -2.43. The number of nitrogens with one attached hydrogen (secondary N) is 2. The average Bonchev–Trinajstić information content (AvgIpc) is 3.01. The van der Waals surface area contributed by atoms with Gasteiger partial charge in [-0.15, -0.1) is 0 Å². The van der Waals surface area contributed by atoms with Crippen LogP contribution in [-0.2, 0) is 9.59 Å². The highest BCUT2D eigenvalue weighted by Crippen LogP contribution is 2.27. The number of benzene rings is 1. The van der Waals surface area contributed by atoms with E-state index in [9.17, 15) is 9.59 Å². The van der Waals surface area contributed by atoms with E-state index in [1.165, 1.54) is 5.56 Å². The molecule has 0 spiro atoms. The average molecular weight is 357 g/mol. The molecule has 0 saturated carbocycles. The minimum atomic E-state index is 0.0439. The van der Waals surface area contributed by atoms with Crippen LogP contribution in [0.1, 0.15) is 64.5 Å². The van der Waals surface area contributed by atoms with E-state index in [4.69, 9.17) is 0 Å². The lowest BCUT2D eigenvalue weighted by Gasteiger charge is -2.34. The smallest absolute Gasteiger partial charge is 0.223 e. The molecule has 2 fully saturated rings. The zero-order chi connectivity index (χ0) is 18.7. The minimum absolute atomic E-state index is 0.0439. The van der Waals surface area contributed by atoms with E-state index in [-0.39, 0.29) is 23.3 Å². The zero-order valence-corrected chi connectivity index (χ0v) is 16.2. The van der Waals surface area contributed by atoms with Crippen molar-refractivity contribution in [2.45, 2.75) is 65.0 Å².